The summed E-state index contributed by atoms with van der Waals surface area (Å²) in [5.41, 5.74) is 3.10. The van der Waals surface area contributed by atoms with E-state index in [0.717, 1.165) is 57.4 Å². The lowest BCUT2D eigenvalue weighted by molar-refractivity contribution is 0.0667. The molecule has 0 radical (unpaired) electrons. The minimum Gasteiger partial charge on any atom is -0.390 e. The Morgan fingerprint density at radius 2 is 1.93 bits per heavy atom. The Kier molecular flexibility index (Phi) is 6.72. The lowest BCUT2D eigenvalue weighted by Crippen LogP contribution is -2.21. The van der Waals surface area contributed by atoms with Gasteiger partial charge in [0.1, 0.15) is 0 Å². The fourth-order valence-corrected chi connectivity index (χ4v) is 4.02. The highest BCUT2D eigenvalue weighted by Crippen LogP contribution is 2.31. The van der Waals surface area contributed by atoms with Crippen molar-refractivity contribution in [1.82, 2.24) is 9.55 Å². The second-order valence-corrected chi connectivity index (χ2v) is 8.67. The summed E-state index contributed by atoms with van der Waals surface area (Å²) in [6.45, 7) is 7.78. The second-order valence-electron chi connectivity index (χ2n) is 8.67. The molecule has 2 aromatic rings. The first-order valence-corrected chi connectivity index (χ1v) is 10.4. The van der Waals surface area contributed by atoms with Crippen LogP contribution in [0.2, 0.25) is 0 Å². The molecule has 3 rings (SSSR count). The predicted octanol–water partition coefficient (Wildman–Crippen LogP) is 5.02. The van der Waals surface area contributed by atoms with Gasteiger partial charge >= 0.3 is 0 Å². The van der Waals surface area contributed by atoms with Crippen LogP contribution in [0.3, 0.4) is 0 Å². The summed E-state index contributed by atoms with van der Waals surface area (Å²) in [6.07, 6.45) is 8.20. The summed E-state index contributed by atoms with van der Waals surface area (Å²) in [7, 11) is 0. The molecule has 1 aliphatic heterocycles. The van der Waals surface area contributed by atoms with Crippen LogP contribution in [-0.4, -0.2) is 33.5 Å². The molecule has 1 saturated heterocycles. The second kappa shape index (κ2) is 9.03. The molecule has 0 aliphatic carbocycles. The molecule has 0 saturated carbocycles. The zero-order chi connectivity index (χ0) is 19.3. The van der Waals surface area contributed by atoms with Gasteiger partial charge in [0.25, 0.3) is 0 Å². The number of aliphatic hydroxyl groups is 1. The van der Waals surface area contributed by atoms with Crippen molar-refractivity contribution in [3.63, 3.8) is 0 Å². The summed E-state index contributed by atoms with van der Waals surface area (Å²) in [6, 6.07) is 11.0. The standard InChI is InChI=1S/C23H34N2O2/c1-18(8-7-13-23(2,3)26)16-21-22(19-9-5-4-6-10-19)24-17-25(21)20-11-14-27-15-12-20/h4-6,9-10,17-18,20,26H,7-8,11-16H2,1-3H3. The average molecular weight is 371 g/mol. The maximum Gasteiger partial charge on any atom is 0.0958 e. The van der Waals surface area contributed by atoms with Gasteiger partial charge in [-0.15, -0.1) is 0 Å². The first-order valence-electron chi connectivity index (χ1n) is 10.4. The Bertz CT molecular complexity index is 697. The lowest BCUT2D eigenvalue weighted by Gasteiger charge is -2.26. The van der Waals surface area contributed by atoms with Crippen molar-refractivity contribution in [1.29, 1.82) is 0 Å². The van der Waals surface area contributed by atoms with Crippen LogP contribution in [0.4, 0.5) is 0 Å². The Hall–Kier alpha value is -1.65. The normalized spacial score (nSPS) is 17.2. The summed E-state index contributed by atoms with van der Waals surface area (Å²) in [5, 5.41) is 9.97. The molecule has 4 heteroatoms. The van der Waals surface area contributed by atoms with E-state index in [2.05, 4.69) is 41.8 Å². The van der Waals surface area contributed by atoms with Gasteiger partial charge in [0.15, 0.2) is 0 Å². The van der Waals surface area contributed by atoms with Gasteiger partial charge in [0.05, 0.1) is 17.6 Å². The number of hydrogen-bond acceptors (Lipinski definition) is 3. The number of ether oxygens (including phenoxy) is 1. The zero-order valence-corrected chi connectivity index (χ0v) is 17.0. The van der Waals surface area contributed by atoms with Crippen LogP contribution < -0.4 is 0 Å². The van der Waals surface area contributed by atoms with E-state index in [1.54, 1.807) is 0 Å². The molecule has 1 aliphatic rings. The molecule has 1 unspecified atom stereocenters. The van der Waals surface area contributed by atoms with Crippen LogP contribution in [0.25, 0.3) is 11.3 Å². The van der Waals surface area contributed by atoms with E-state index >= 15 is 0 Å². The molecule has 4 nitrogen and oxygen atoms in total. The predicted molar refractivity (Wildman–Crippen MR) is 110 cm³/mol. The fourth-order valence-electron chi connectivity index (χ4n) is 4.02. The van der Waals surface area contributed by atoms with E-state index in [1.807, 2.05) is 20.2 Å². The van der Waals surface area contributed by atoms with Gasteiger partial charge in [-0.1, -0.05) is 50.1 Å². The maximum absolute atomic E-state index is 9.97. The zero-order valence-electron chi connectivity index (χ0n) is 17.0. The Balaban J connectivity index is 1.78. The van der Waals surface area contributed by atoms with Gasteiger partial charge < -0.3 is 14.4 Å². The van der Waals surface area contributed by atoms with E-state index in [9.17, 15) is 5.11 Å². The molecule has 1 fully saturated rings. The van der Waals surface area contributed by atoms with E-state index in [4.69, 9.17) is 9.72 Å². The summed E-state index contributed by atoms with van der Waals surface area (Å²) in [5.74, 6) is 0.560. The van der Waals surface area contributed by atoms with Gasteiger partial charge in [-0.05, 0) is 45.4 Å². The van der Waals surface area contributed by atoms with Crippen LogP contribution in [0.1, 0.15) is 64.6 Å². The lowest BCUT2D eigenvalue weighted by atomic mass is 9.93. The van der Waals surface area contributed by atoms with Crippen LogP contribution in [0.15, 0.2) is 36.7 Å². The van der Waals surface area contributed by atoms with E-state index in [1.165, 1.54) is 11.3 Å². The maximum atomic E-state index is 9.97. The molecule has 148 valence electrons. The van der Waals surface area contributed by atoms with Crippen molar-refractivity contribution >= 4 is 0 Å². The highest BCUT2D eigenvalue weighted by Gasteiger charge is 2.23. The van der Waals surface area contributed by atoms with Crippen molar-refractivity contribution in [3.05, 3.63) is 42.4 Å². The summed E-state index contributed by atoms with van der Waals surface area (Å²) >= 11 is 0. The Labute approximate surface area is 163 Å². The molecule has 0 amide bonds. The Morgan fingerprint density at radius 1 is 1.22 bits per heavy atom. The molecule has 0 spiro atoms. The summed E-state index contributed by atoms with van der Waals surface area (Å²) < 4.78 is 7.98. The third kappa shape index (κ3) is 5.66. The van der Waals surface area contributed by atoms with Crippen LogP contribution in [0, 0.1) is 5.92 Å². The highest BCUT2D eigenvalue weighted by molar-refractivity contribution is 5.62. The molecule has 1 aromatic carbocycles. The number of aromatic nitrogens is 2. The minimum atomic E-state index is -0.571. The van der Waals surface area contributed by atoms with Crippen molar-refractivity contribution in [2.75, 3.05) is 13.2 Å². The molecule has 1 aromatic heterocycles. The highest BCUT2D eigenvalue weighted by atomic mass is 16.5. The van der Waals surface area contributed by atoms with Crippen molar-refractivity contribution < 1.29 is 9.84 Å². The third-order valence-electron chi connectivity index (χ3n) is 5.56. The van der Waals surface area contributed by atoms with E-state index < -0.39 is 5.60 Å². The Morgan fingerprint density at radius 3 is 2.59 bits per heavy atom. The number of rotatable bonds is 8. The van der Waals surface area contributed by atoms with Crippen LogP contribution in [-0.2, 0) is 11.2 Å². The molecule has 1 N–H and O–H groups in total. The number of benzene rings is 1. The SMILES string of the molecule is CC(CCCC(C)(C)O)Cc1c(-c2ccccc2)ncn1C1CCOCC1. The number of hydrogen-bond donors (Lipinski definition) is 1. The molecule has 27 heavy (non-hydrogen) atoms. The van der Waals surface area contributed by atoms with E-state index in [0.29, 0.717) is 12.0 Å². The molecule has 1 atom stereocenters. The van der Waals surface area contributed by atoms with E-state index in [-0.39, 0.29) is 0 Å². The largest absolute Gasteiger partial charge is 0.390 e. The minimum absolute atomic E-state index is 0.488. The summed E-state index contributed by atoms with van der Waals surface area (Å²) in [4.78, 5) is 4.82. The first-order chi connectivity index (χ1) is 12.9. The van der Waals surface area contributed by atoms with Gasteiger partial charge in [0, 0.05) is 30.5 Å². The van der Waals surface area contributed by atoms with Crippen LogP contribution in [0.5, 0.6) is 0 Å². The molecule has 0 bridgehead atoms. The number of nitrogens with zero attached hydrogens (tertiary/aromatic N) is 2. The van der Waals surface area contributed by atoms with Crippen molar-refractivity contribution in [3.8, 4) is 11.3 Å². The van der Waals surface area contributed by atoms with Gasteiger partial charge in [-0.25, -0.2) is 4.98 Å². The average Bonchev–Trinajstić information content (AvgIpc) is 3.05. The number of imidazole rings is 1. The van der Waals surface area contributed by atoms with Gasteiger partial charge in [-0.3, -0.25) is 0 Å². The van der Waals surface area contributed by atoms with Crippen LogP contribution >= 0.6 is 0 Å². The molecular formula is C23H34N2O2. The van der Waals surface area contributed by atoms with Crippen molar-refractivity contribution in [2.45, 2.75) is 70.9 Å². The smallest absolute Gasteiger partial charge is 0.0958 e. The first kappa shape index (κ1) is 20.1. The van der Waals surface area contributed by atoms with Gasteiger partial charge in [-0.2, -0.15) is 0 Å². The van der Waals surface area contributed by atoms with Gasteiger partial charge in [0.2, 0.25) is 0 Å². The topological polar surface area (TPSA) is 47.3 Å². The fraction of sp³-hybridized carbons (Fsp3) is 0.609. The third-order valence-corrected chi connectivity index (χ3v) is 5.56. The molecular weight excluding hydrogens is 336 g/mol. The monoisotopic (exact) mass is 370 g/mol. The molecule has 2 heterocycles. The van der Waals surface area contributed by atoms with Crippen molar-refractivity contribution in [2.24, 2.45) is 5.92 Å². The quantitative estimate of drug-likeness (QED) is 0.709.